The summed E-state index contributed by atoms with van der Waals surface area (Å²) >= 11 is 0. The third-order valence-corrected chi connectivity index (χ3v) is 5.16. The van der Waals surface area contributed by atoms with E-state index in [-0.39, 0.29) is 12.1 Å². The fourth-order valence-corrected chi connectivity index (χ4v) is 3.57. The molecule has 2 atom stereocenters. The Bertz CT molecular complexity index is 696. The summed E-state index contributed by atoms with van der Waals surface area (Å²) in [6.07, 6.45) is 0.765. The molecule has 24 heavy (non-hydrogen) atoms. The molecule has 0 saturated heterocycles. The molecule has 0 fully saturated rings. The lowest BCUT2D eigenvalue weighted by atomic mass is 10.1. The van der Waals surface area contributed by atoms with E-state index < -0.39 is 10.8 Å². The van der Waals surface area contributed by atoms with Gasteiger partial charge in [0.25, 0.3) is 0 Å². The van der Waals surface area contributed by atoms with Crippen LogP contribution < -0.4 is 15.4 Å². The highest BCUT2D eigenvalue weighted by Gasteiger charge is 2.22. The fraction of sp³-hybridized carbons (Fsp3) is 0.278. The van der Waals surface area contributed by atoms with Crippen LogP contribution in [-0.4, -0.2) is 35.2 Å². The van der Waals surface area contributed by atoms with Crippen molar-refractivity contribution in [2.45, 2.75) is 17.4 Å². The minimum absolute atomic E-state index is 0.0356. The minimum atomic E-state index is -1.10. The predicted octanol–water partition coefficient (Wildman–Crippen LogP) is 2.10. The van der Waals surface area contributed by atoms with Crippen molar-refractivity contribution >= 4 is 16.8 Å². The van der Waals surface area contributed by atoms with Crippen molar-refractivity contribution in [3.8, 4) is 5.75 Å². The number of hydrogen-bond donors (Lipinski definition) is 2. The van der Waals surface area contributed by atoms with Gasteiger partial charge < -0.3 is 15.4 Å². The van der Waals surface area contributed by atoms with Gasteiger partial charge in [-0.1, -0.05) is 36.4 Å². The molecule has 0 unspecified atom stereocenters. The van der Waals surface area contributed by atoms with Gasteiger partial charge >= 0.3 is 6.03 Å². The van der Waals surface area contributed by atoms with E-state index >= 15 is 0 Å². The molecule has 1 aliphatic heterocycles. The van der Waals surface area contributed by atoms with Crippen LogP contribution in [0.25, 0.3) is 0 Å². The first-order chi connectivity index (χ1) is 11.7. The van der Waals surface area contributed by atoms with E-state index in [1.807, 2.05) is 54.6 Å². The molecule has 0 spiro atoms. The summed E-state index contributed by atoms with van der Waals surface area (Å²) in [6, 6.07) is 16.9. The first kappa shape index (κ1) is 16.5. The van der Waals surface area contributed by atoms with Gasteiger partial charge in [0.05, 0.1) is 17.3 Å². The molecule has 5 nitrogen and oxygen atoms in total. The van der Waals surface area contributed by atoms with Crippen molar-refractivity contribution in [1.82, 2.24) is 10.6 Å². The van der Waals surface area contributed by atoms with Gasteiger partial charge in [-0.25, -0.2) is 4.79 Å². The number of fused-ring (bicyclic) bond motifs is 1. The van der Waals surface area contributed by atoms with Crippen molar-refractivity contribution in [3.63, 3.8) is 0 Å². The molecule has 2 amide bonds. The summed E-state index contributed by atoms with van der Waals surface area (Å²) in [5.74, 6) is 1.28. The summed E-state index contributed by atoms with van der Waals surface area (Å²) in [5, 5.41) is 5.53. The minimum Gasteiger partial charge on any atom is -0.488 e. The van der Waals surface area contributed by atoms with Crippen LogP contribution in [0.1, 0.15) is 5.56 Å². The Hall–Kier alpha value is -2.34. The number of hydrogen-bond acceptors (Lipinski definition) is 3. The van der Waals surface area contributed by atoms with Crippen LogP contribution in [0.3, 0.4) is 0 Å². The summed E-state index contributed by atoms with van der Waals surface area (Å²) in [6.45, 7) is 0.807. The topological polar surface area (TPSA) is 67.4 Å². The standard InChI is InChI=1S/C18H20N2O3S/c21-18(19-10-11-24(22)16-7-2-1-3-8-16)20-13-15-12-14-6-4-5-9-17(14)23-15/h1-9,15H,10-13H2,(H2,19,20,21)/t15-,24-/m0/s1. The van der Waals surface area contributed by atoms with Crippen LogP contribution in [0, 0.1) is 0 Å². The van der Waals surface area contributed by atoms with Crippen LogP contribution in [0.4, 0.5) is 4.79 Å². The SMILES string of the molecule is O=C(NCC[S@](=O)c1ccccc1)NC[C@@H]1Cc2ccccc2O1. The van der Waals surface area contributed by atoms with Gasteiger partial charge in [0.15, 0.2) is 0 Å². The molecule has 2 aromatic rings. The molecule has 0 radical (unpaired) electrons. The molecule has 1 aliphatic rings. The lowest BCUT2D eigenvalue weighted by Gasteiger charge is -2.12. The normalized spacial score (nSPS) is 16.8. The van der Waals surface area contributed by atoms with Gasteiger partial charge in [-0.3, -0.25) is 4.21 Å². The van der Waals surface area contributed by atoms with Crippen LogP contribution >= 0.6 is 0 Å². The number of ether oxygens (including phenoxy) is 1. The van der Waals surface area contributed by atoms with E-state index in [9.17, 15) is 9.00 Å². The molecule has 3 rings (SSSR count). The van der Waals surface area contributed by atoms with E-state index in [1.54, 1.807) is 0 Å². The average molecular weight is 344 g/mol. The molecule has 2 N–H and O–H groups in total. The maximum absolute atomic E-state index is 12.0. The molecule has 0 aromatic heterocycles. The second kappa shape index (κ2) is 7.97. The Morgan fingerprint density at radius 1 is 1.08 bits per heavy atom. The molecule has 126 valence electrons. The van der Waals surface area contributed by atoms with Crippen LogP contribution in [0.5, 0.6) is 5.75 Å². The van der Waals surface area contributed by atoms with Gasteiger partial charge in [-0.05, 0) is 23.8 Å². The Balaban J connectivity index is 1.34. The second-order valence-electron chi connectivity index (χ2n) is 5.55. The van der Waals surface area contributed by atoms with E-state index in [1.165, 1.54) is 5.56 Å². The number of amides is 2. The highest BCUT2D eigenvalue weighted by Crippen LogP contribution is 2.27. The van der Waals surface area contributed by atoms with E-state index in [2.05, 4.69) is 10.6 Å². The summed E-state index contributed by atoms with van der Waals surface area (Å²) in [7, 11) is -1.10. The Morgan fingerprint density at radius 2 is 1.83 bits per heavy atom. The number of carbonyl (C=O) groups excluding carboxylic acids is 1. The van der Waals surface area contributed by atoms with Crippen LogP contribution in [0.15, 0.2) is 59.5 Å². The molecule has 0 saturated carbocycles. The first-order valence-electron chi connectivity index (χ1n) is 7.92. The molecular formula is C18H20N2O3S. The van der Waals surface area contributed by atoms with Crippen molar-refractivity contribution in [3.05, 3.63) is 60.2 Å². The third kappa shape index (κ3) is 4.35. The summed E-state index contributed by atoms with van der Waals surface area (Å²) in [5.41, 5.74) is 1.17. The van der Waals surface area contributed by atoms with E-state index in [0.717, 1.165) is 17.1 Å². The maximum Gasteiger partial charge on any atom is 0.314 e. The maximum atomic E-state index is 12.0. The molecule has 1 heterocycles. The van der Waals surface area contributed by atoms with E-state index in [0.29, 0.717) is 18.8 Å². The molecule has 0 bridgehead atoms. The van der Waals surface area contributed by atoms with Crippen molar-refractivity contribution < 1.29 is 13.7 Å². The lowest BCUT2D eigenvalue weighted by molar-refractivity contribution is 0.214. The zero-order valence-electron chi connectivity index (χ0n) is 13.2. The molecule has 6 heteroatoms. The highest BCUT2D eigenvalue weighted by molar-refractivity contribution is 7.85. The molecular weight excluding hydrogens is 324 g/mol. The Morgan fingerprint density at radius 3 is 2.62 bits per heavy atom. The molecule has 2 aromatic carbocycles. The predicted molar refractivity (Wildman–Crippen MR) is 93.7 cm³/mol. The number of carbonyl (C=O) groups is 1. The number of para-hydroxylation sites is 1. The van der Waals surface area contributed by atoms with Gasteiger partial charge in [0.1, 0.15) is 11.9 Å². The van der Waals surface area contributed by atoms with Crippen molar-refractivity contribution in [1.29, 1.82) is 0 Å². The summed E-state index contributed by atoms with van der Waals surface area (Å²) in [4.78, 5) is 12.6. The average Bonchev–Trinajstić information content (AvgIpc) is 3.03. The number of benzene rings is 2. The highest BCUT2D eigenvalue weighted by atomic mass is 32.2. The zero-order valence-corrected chi connectivity index (χ0v) is 14.1. The third-order valence-electron chi connectivity index (χ3n) is 3.78. The van der Waals surface area contributed by atoms with Gasteiger partial charge in [0.2, 0.25) is 0 Å². The largest absolute Gasteiger partial charge is 0.488 e. The summed E-state index contributed by atoms with van der Waals surface area (Å²) < 4.78 is 17.8. The second-order valence-corrected chi connectivity index (χ2v) is 7.12. The number of urea groups is 1. The van der Waals surface area contributed by atoms with Crippen molar-refractivity contribution in [2.75, 3.05) is 18.8 Å². The van der Waals surface area contributed by atoms with E-state index in [4.69, 9.17) is 4.74 Å². The van der Waals surface area contributed by atoms with Crippen molar-refractivity contribution in [2.24, 2.45) is 0 Å². The van der Waals surface area contributed by atoms with Gasteiger partial charge in [0, 0.05) is 23.6 Å². The number of rotatable bonds is 6. The molecule has 0 aliphatic carbocycles. The van der Waals surface area contributed by atoms with Gasteiger partial charge in [-0.2, -0.15) is 0 Å². The first-order valence-corrected chi connectivity index (χ1v) is 9.24. The Kier molecular flexibility index (Phi) is 5.48. The monoisotopic (exact) mass is 344 g/mol. The quantitative estimate of drug-likeness (QED) is 0.843. The lowest BCUT2D eigenvalue weighted by Crippen LogP contribution is -2.42. The fourth-order valence-electron chi connectivity index (χ4n) is 2.58. The number of nitrogens with one attached hydrogen (secondary N) is 2. The van der Waals surface area contributed by atoms with Gasteiger partial charge in [-0.15, -0.1) is 0 Å². The Labute approximate surface area is 143 Å². The van der Waals surface area contributed by atoms with Crippen LogP contribution in [0.2, 0.25) is 0 Å². The smallest absolute Gasteiger partial charge is 0.314 e. The zero-order chi connectivity index (χ0) is 16.8. The van der Waals surface area contributed by atoms with Crippen LogP contribution in [-0.2, 0) is 17.2 Å².